The van der Waals surface area contributed by atoms with E-state index in [0.717, 1.165) is 24.3 Å². The molecule has 1 aromatic heterocycles. The first-order valence-electron chi connectivity index (χ1n) is 8.66. The number of methoxy groups -OCH3 is 2. The van der Waals surface area contributed by atoms with Gasteiger partial charge in [0.1, 0.15) is 0 Å². The molecule has 6 nitrogen and oxygen atoms in total. The number of aromatic nitrogens is 1. The molecule has 27 heavy (non-hydrogen) atoms. The normalized spacial score (nSPS) is 14.5. The number of hydrogen-bond donors (Lipinski definition) is 0. The van der Waals surface area contributed by atoms with Crippen LogP contribution in [-0.4, -0.2) is 56.2 Å². The van der Waals surface area contributed by atoms with Gasteiger partial charge in [0.15, 0.2) is 11.5 Å². The Kier molecular flexibility index (Phi) is 6.19. The Morgan fingerprint density at radius 2 is 1.81 bits per heavy atom. The van der Waals surface area contributed by atoms with Crippen molar-refractivity contribution in [3.63, 3.8) is 0 Å². The molecule has 0 aliphatic carbocycles. The maximum Gasteiger partial charge on any atom is 0.246 e. The third-order valence-electron chi connectivity index (χ3n) is 4.49. The molecule has 7 heteroatoms. The summed E-state index contributed by atoms with van der Waals surface area (Å²) in [7, 11) is 3.09. The van der Waals surface area contributed by atoms with Gasteiger partial charge in [0.25, 0.3) is 0 Å². The molecule has 0 bridgehead atoms. The number of halogens is 1. The topological polar surface area (TPSA) is 54.9 Å². The average Bonchev–Trinajstić information content (AvgIpc) is 2.72. The van der Waals surface area contributed by atoms with Crippen molar-refractivity contribution >= 4 is 29.3 Å². The summed E-state index contributed by atoms with van der Waals surface area (Å²) >= 11 is 6.21. The molecule has 0 N–H and O–H groups in total. The SMILES string of the molecule is COc1cc(/C=C/C(=O)N2CCN(c3ccncc3)CC2)cc(Cl)c1OC. The standard InChI is InChI=1S/C20H22ClN3O3/c1-26-18-14-15(13-17(21)20(18)27-2)3-4-19(25)24-11-9-23(10-12-24)16-5-7-22-8-6-16/h3-8,13-14H,9-12H2,1-2H3/b4-3+. The van der Waals surface area contributed by atoms with Crippen molar-refractivity contribution in [2.45, 2.75) is 0 Å². The van der Waals surface area contributed by atoms with Gasteiger partial charge in [0.05, 0.1) is 19.2 Å². The molecule has 1 aromatic carbocycles. The fourth-order valence-electron chi connectivity index (χ4n) is 3.05. The summed E-state index contributed by atoms with van der Waals surface area (Å²) in [6.07, 6.45) is 6.87. The number of anilines is 1. The second kappa shape index (κ2) is 8.77. The first-order chi connectivity index (χ1) is 13.1. The molecular formula is C20H22ClN3O3. The van der Waals surface area contributed by atoms with Crippen LogP contribution < -0.4 is 14.4 Å². The molecule has 0 unspecified atom stereocenters. The van der Waals surface area contributed by atoms with Crippen molar-refractivity contribution in [2.24, 2.45) is 0 Å². The number of benzene rings is 1. The zero-order chi connectivity index (χ0) is 19.2. The summed E-state index contributed by atoms with van der Waals surface area (Å²) in [4.78, 5) is 20.6. The molecule has 2 heterocycles. The molecule has 142 valence electrons. The molecule has 1 aliphatic heterocycles. The van der Waals surface area contributed by atoms with E-state index >= 15 is 0 Å². The molecule has 3 rings (SSSR count). The minimum atomic E-state index is -0.0183. The highest BCUT2D eigenvalue weighted by molar-refractivity contribution is 6.32. The Morgan fingerprint density at radius 1 is 1.11 bits per heavy atom. The van der Waals surface area contributed by atoms with E-state index in [1.165, 1.54) is 7.11 Å². The molecule has 2 aromatic rings. The number of amides is 1. The molecular weight excluding hydrogens is 366 g/mol. The van der Waals surface area contributed by atoms with Gasteiger partial charge in [-0.2, -0.15) is 0 Å². The van der Waals surface area contributed by atoms with Gasteiger partial charge in [-0.1, -0.05) is 11.6 Å². The lowest BCUT2D eigenvalue weighted by Crippen LogP contribution is -2.48. The first-order valence-corrected chi connectivity index (χ1v) is 9.03. The summed E-state index contributed by atoms with van der Waals surface area (Å²) in [6.45, 7) is 2.95. The minimum Gasteiger partial charge on any atom is -0.493 e. The van der Waals surface area contributed by atoms with Gasteiger partial charge in [0.2, 0.25) is 5.91 Å². The third-order valence-corrected chi connectivity index (χ3v) is 4.77. The zero-order valence-electron chi connectivity index (χ0n) is 15.4. The summed E-state index contributed by atoms with van der Waals surface area (Å²) in [5, 5.41) is 0.440. The van der Waals surface area contributed by atoms with E-state index in [-0.39, 0.29) is 5.91 Å². The molecule has 0 spiro atoms. The van der Waals surface area contributed by atoms with Crippen molar-refractivity contribution < 1.29 is 14.3 Å². The minimum absolute atomic E-state index is 0.0183. The van der Waals surface area contributed by atoms with E-state index < -0.39 is 0 Å². The lowest BCUT2D eigenvalue weighted by Gasteiger charge is -2.35. The van der Waals surface area contributed by atoms with Crippen molar-refractivity contribution in [3.8, 4) is 11.5 Å². The Morgan fingerprint density at radius 3 is 2.44 bits per heavy atom. The van der Waals surface area contributed by atoms with Gasteiger partial charge < -0.3 is 19.3 Å². The Balaban J connectivity index is 1.62. The lowest BCUT2D eigenvalue weighted by molar-refractivity contribution is -0.126. The van der Waals surface area contributed by atoms with Crippen LogP contribution in [0.15, 0.2) is 42.7 Å². The largest absolute Gasteiger partial charge is 0.493 e. The highest BCUT2D eigenvalue weighted by Gasteiger charge is 2.19. The van der Waals surface area contributed by atoms with Crippen molar-refractivity contribution in [3.05, 3.63) is 53.3 Å². The van der Waals surface area contributed by atoms with Gasteiger partial charge in [-0.25, -0.2) is 0 Å². The van der Waals surface area contributed by atoms with Gasteiger partial charge in [-0.05, 0) is 35.9 Å². The predicted octanol–water partition coefficient (Wildman–Crippen LogP) is 3.11. The van der Waals surface area contributed by atoms with Crippen LogP contribution in [0.4, 0.5) is 5.69 Å². The van der Waals surface area contributed by atoms with Crippen LogP contribution in [0.3, 0.4) is 0 Å². The van der Waals surface area contributed by atoms with E-state index in [0.29, 0.717) is 29.6 Å². The maximum absolute atomic E-state index is 12.5. The van der Waals surface area contributed by atoms with Gasteiger partial charge >= 0.3 is 0 Å². The number of piperazine rings is 1. The summed E-state index contributed by atoms with van der Waals surface area (Å²) in [6, 6.07) is 7.50. The number of carbonyl (C=O) groups excluding carboxylic acids is 1. The average molecular weight is 388 g/mol. The number of carbonyl (C=O) groups is 1. The monoisotopic (exact) mass is 387 g/mol. The molecule has 1 amide bonds. The van der Waals surface area contributed by atoms with Crippen molar-refractivity contribution in [2.75, 3.05) is 45.3 Å². The van der Waals surface area contributed by atoms with E-state index in [1.54, 1.807) is 43.8 Å². The number of ether oxygens (including phenoxy) is 2. The molecule has 0 atom stereocenters. The number of rotatable bonds is 5. The van der Waals surface area contributed by atoms with E-state index in [2.05, 4.69) is 9.88 Å². The first kappa shape index (κ1) is 19.0. The Labute approximate surface area is 164 Å². The van der Waals surface area contributed by atoms with Crippen molar-refractivity contribution in [1.29, 1.82) is 0 Å². The van der Waals surface area contributed by atoms with Gasteiger partial charge in [0, 0.05) is 50.3 Å². The summed E-state index contributed by atoms with van der Waals surface area (Å²) < 4.78 is 10.5. The highest BCUT2D eigenvalue weighted by atomic mass is 35.5. The van der Waals surface area contributed by atoms with E-state index in [1.807, 2.05) is 17.0 Å². The highest BCUT2D eigenvalue weighted by Crippen LogP contribution is 2.36. The quantitative estimate of drug-likeness (QED) is 0.738. The van der Waals surface area contributed by atoms with Crippen LogP contribution in [0.1, 0.15) is 5.56 Å². The molecule has 1 aliphatic rings. The molecule has 0 saturated carbocycles. The van der Waals surface area contributed by atoms with Crippen LogP contribution in [0.5, 0.6) is 11.5 Å². The molecule has 0 radical (unpaired) electrons. The lowest BCUT2D eigenvalue weighted by atomic mass is 10.1. The number of hydrogen-bond acceptors (Lipinski definition) is 5. The molecule has 1 saturated heterocycles. The predicted molar refractivity (Wildman–Crippen MR) is 107 cm³/mol. The summed E-state index contributed by atoms with van der Waals surface area (Å²) in [5.74, 6) is 0.994. The Bertz CT molecular complexity index is 819. The fraction of sp³-hybridized carbons (Fsp3) is 0.300. The summed E-state index contributed by atoms with van der Waals surface area (Å²) in [5.41, 5.74) is 1.91. The fourth-order valence-corrected chi connectivity index (χ4v) is 3.34. The number of nitrogens with zero attached hydrogens (tertiary/aromatic N) is 3. The van der Waals surface area contributed by atoms with Gasteiger partial charge in [-0.3, -0.25) is 9.78 Å². The smallest absolute Gasteiger partial charge is 0.246 e. The van der Waals surface area contributed by atoms with Gasteiger partial charge in [-0.15, -0.1) is 0 Å². The van der Waals surface area contributed by atoms with Crippen LogP contribution in [0.2, 0.25) is 5.02 Å². The van der Waals surface area contributed by atoms with Crippen molar-refractivity contribution in [1.82, 2.24) is 9.88 Å². The van der Waals surface area contributed by atoms with Crippen LogP contribution >= 0.6 is 11.6 Å². The molecule has 1 fully saturated rings. The second-order valence-electron chi connectivity index (χ2n) is 6.09. The van der Waals surface area contributed by atoms with E-state index in [9.17, 15) is 4.79 Å². The number of pyridine rings is 1. The van der Waals surface area contributed by atoms with Crippen LogP contribution in [-0.2, 0) is 4.79 Å². The second-order valence-corrected chi connectivity index (χ2v) is 6.50. The maximum atomic E-state index is 12.5. The zero-order valence-corrected chi connectivity index (χ0v) is 16.1. The van der Waals surface area contributed by atoms with Crippen LogP contribution in [0, 0.1) is 0 Å². The van der Waals surface area contributed by atoms with E-state index in [4.69, 9.17) is 21.1 Å². The van der Waals surface area contributed by atoms with Crippen LogP contribution in [0.25, 0.3) is 6.08 Å². The third kappa shape index (κ3) is 4.52. The Hall–Kier alpha value is -2.73.